The summed E-state index contributed by atoms with van der Waals surface area (Å²) >= 11 is 5.08. The molecule has 0 unspecified atom stereocenters. The molecule has 3 aromatic rings. The molecule has 1 fully saturated rings. The number of carbonyl (C=O) groups is 1. The second-order valence-electron chi connectivity index (χ2n) is 8.01. The molecule has 0 spiro atoms. The fraction of sp³-hybridized carbons (Fsp3) is 0.375. The monoisotopic (exact) mass is 532 g/mol. The quantitative estimate of drug-likeness (QED) is 0.395. The Balaban J connectivity index is 1.15. The number of hydrogen-bond donors (Lipinski definition) is 1. The van der Waals surface area contributed by atoms with Crippen molar-refractivity contribution in [3.05, 3.63) is 70.3 Å². The summed E-state index contributed by atoms with van der Waals surface area (Å²) in [5, 5.41) is 7.12. The van der Waals surface area contributed by atoms with Gasteiger partial charge in [0.15, 0.2) is 0 Å². The Morgan fingerprint density at radius 1 is 1.21 bits per heavy atom. The van der Waals surface area contributed by atoms with Gasteiger partial charge in [0.25, 0.3) is 0 Å². The molecular weight excluding hydrogens is 507 g/mol. The predicted molar refractivity (Wildman–Crippen MR) is 131 cm³/mol. The number of piperidine rings is 1. The predicted octanol–water partition coefficient (Wildman–Crippen LogP) is 4.90. The lowest BCUT2D eigenvalue weighted by Crippen LogP contribution is -2.40. The lowest BCUT2D eigenvalue weighted by Gasteiger charge is -2.30. The second-order valence-corrected chi connectivity index (χ2v) is 10.0. The van der Waals surface area contributed by atoms with Crippen molar-refractivity contribution in [2.75, 3.05) is 25.4 Å². The number of benzene rings is 2. The lowest BCUT2D eigenvalue weighted by molar-refractivity contribution is -0.126. The molecule has 0 aliphatic carbocycles. The van der Waals surface area contributed by atoms with Crippen LogP contribution in [0.3, 0.4) is 0 Å². The third-order valence-electron chi connectivity index (χ3n) is 5.63. The number of aromatic nitrogens is 2. The van der Waals surface area contributed by atoms with E-state index >= 15 is 0 Å². The minimum atomic E-state index is -0.175. The van der Waals surface area contributed by atoms with Gasteiger partial charge in [-0.15, -0.1) is 0 Å². The summed E-state index contributed by atoms with van der Waals surface area (Å²) in [4.78, 5) is 19.2. The van der Waals surface area contributed by atoms with E-state index in [1.807, 2.05) is 30.3 Å². The molecule has 4 rings (SSSR count). The van der Waals surface area contributed by atoms with E-state index in [1.165, 1.54) is 6.07 Å². The fourth-order valence-electron chi connectivity index (χ4n) is 3.80. The Hall–Kier alpha value is -2.23. The van der Waals surface area contributed by atoms with Gasteiger partial charge < -0.3 is 9.84 Å². The molecule has 0 saturated carbocycles. The summed E-state index contributed by atoms with van der Waals surface area (Å²) in [6.07, 6.45) is 1.61. The number of carbonyl (C=O) groups excluding carboxylic acids is 1. The first-order valence-corrected chi connectivity index (χ1v) is 12.9. The highest BCUT2D eigenvalue weighted by molar-refractivity contribution is 9.10. The third-order valence-corrected chi connectivity index (χ3v) is 7.13. The zero-order valence-corrected chi connectivity index (χ0v) is 20.6. The summed E-state index contributed by atoms with van der Waals surface area (Å²) in [7, 11) is 0. The van der Waals surface area contributed by atoms with Crippen molar-refractivity contribution in [3.8, 4) is 11.4 Å². The van der Waals surface area contributed by atoms with Crippen molar-refractivity contribution in [3.63, 3.8) is 0 Å². The van der Waals surface area contributed by atoms with Crippen LogP contribution in [-0.2, 0) is 17.1 Å². The minimum Gasteiger partial charge on any atom is -0.355 e. The molecule has 1 aliphatic rings. The van der Waals surface area contributed by atoms with Crippen LogP contribution in [0.25, 0.3) is 11.4 Å². The summed E-state index contributed by atoms with van der Waals surface area (Å²) in [5.41, 5.74) is 1.60. The molecule has 2 heterocycles. The van der Waals surface area contributed by atoms with Crippen molar-refractivity contribution in [2.24, 2.45) is 5.92 Å². The third kappa shape index (κ3) is 6.88. The average Bonchev–Trinajstić information content (AvgIpc) is 3.29. The lowest BCUT2D eigenvalue weighted by atomic mass is 9.96. The van der Waals surface area contributed by atoms with Crippen LogP contribution in [0.2, 0.25) is 0 Å². The van der Waals surface area contributed by atoms with Crippen molar-refractivity contribution >= 4 is 33.6 Å². The number of halogens is 2. The van der Waals surface area contributed by atoms with Crippen molar-refractivity contribution in [1.82, 2.24) is 20.4 Å². The van der Waals surface area contributed by atoms with E-state index in [0.717, 1.165) is 41.7 Å². The summed E-state index contributed by atoms with van der Waals surface area (Å²) in [6.45, 7) is 2.81. The van der Waals surface area contributed by atoms with E-state index in [9.17, 15) is 9.18 Å². The topological polar surface area (TPSA) is 71.3 Å². The Bertz CT molecular complexity index is 1070. The Morgan fingerprint density at radius 3 is 2.82 bits per heavy atom. The molecule has 1 saturated heterocycles. The maximum atomic E-state index is 13.6. The van der Waals surface area contributed by atoms with Crippen LogP contribution < -0.4 is 5.32 Å². The molecule has 6 nitrogen and oxygen atoms in total. The van der Waals surface area contributed by atoms with Crippen LogP contribution >= 0.6 is 27.7 Å². The number of nitrogens with one attached hydrogen (secondary N) is 1. The van der Waals surface area contributed by atoms with Gasteiger partial charge in [0.05, 0.1) is 6.54 Å². The van der Waals surface area contributed by atoms with Crippen molar-refractivity contribution in [2.45, 2.75) is 25.1 Å². The molecule has 0 atom stereocenters. The summed E-state index contributed by atoms with van der Waals surface area (Å²) in [5.74, 6) is 2.49. The van der Waals surface area contributed by atoms with E-state index < -0.39 is 0 Å². The number of amides is 1. The molecule has 1 aliphatic heterocycles. The zero-order chi connectivity index (χ0) is 23.0. The minimum absolute atomic E-state index is 0.0257. The molecule has 1 amide bonds. The van der Waals surface area contributed by atoms with Crippen LogP contribution in [0.4, 0.5) is 4.39 Å². The fourth-order valence-corrected chi connectivity index (χ4v) is 5.04. The highest BCUT2D eigenvalue weighted by Crippen LogP contribution is 2.22. The van der Waals surface area contributed by atoms with Crippen LogP contribution in [0.15, 0.2) is 57.5 Å². The average molecular weight is 533 g/mol. The van der Waals surface area contributed by atoms with Crippen LogP contribution in [0.1, 0.15) is 24.3 Å². The molecule has 9 heteroatoms. The Morgan fingerprint density at radius 2 is 2.03 bits per heavy atom. The molecule has 1 N–H and O–H groups in total. The molecule has 0 bridgehead atoms. The van der Waals surface area contributed by atoms with E-state index in [2.05, 4.69) is 36.3 Å². The summed E-state index contributed by atoms with van der Waals surface area (Å²) in [6, 6.07) is 14.6. The standard InChI is InChI=1S/C24H26BrFN4O2S/c25-20-6-3-5-18(14-20)23-28-22(32-29-23)15-30-11-8-17(9-12-30)24(31)27-10-13-33-16-19-4-1-2-7-21(19)26/h1-7,14,17H,8-13,15-16H2,(H,27,31). The molecule has 0 radical (unpaired) electrons. The van der Waals surface area contributed by atoms with Crippen LogP contribution in [0, 0.1) is 11.7 Å². The second kappa shape index (κ2) is 11.8. The zero-order valence-electron chi connectivity index (χ0n) is 18.2. The van der Waals surface area contributed by atoms with Gasteiger partial charge in [-0.3, -0.25) is 9.69 Å². The maximum absolute atomic E-state index is 13.6. The number of thioether (sulfide) groups is 1. The van der Waals surface area contributed by atoms with Gasteiger partial charge in [-0.1, -0.05) is 51.4 Å². The Kier molecular flexibility index (Phi) is 8.52. The number of hydrogen-bond acceptors (Lipinski definition) is 6. The van der Waals surface area contributed by atoms with Crippen molar-refractivity contribution < 1.29 is 13.7 Å². The van der Waals surface area contributed by atoms with Crippen LogP contribution in [-0.4, -0.2) is 46.3 Å². The van der Waals surface area contributed by atoms with Gasteiger partial charge in [-0.25, -0.2) is 4.39 Å². The largest absolute Gasteiger partial charge is 0.355 e. The number of rotatable bonds is 9. The first kappa shape index (κ1) is 23.9. The van der Waals surface area contributed by atoms with E-state index in [-0.39, 0.29) is 17.6 Å². The van der Waals surface area contributed by atoms with Gasteiger partial charge >= 0.3 is 0 Å². The van der Waals surface area contributed by atoms with Gasteiger partial charge in [0.2, 0.25) is 17.6 Å². The van der Waals surface area contributed by atoms with Gasteiger partial charge in [-0.05, 0) is 49.7 Å². The number of nitrogens with zero attached hydrogens (tertiary/aromatic N) is 3. The SMILES string of the molecule is O=C(NCCSCc1ccccc1F)C1CCN(Cc2nc(-c3cccc(Br)c3)no2)CC1. The molecule has 174 valence electrons. The van der Waals surface area contributed by atoms with E-state index in [1.54, 1.807) is 23.9 Å². The van der Waals surface area contributed by atoms with E-state index in [4.69, 9.17) is 4.52 Å². The molecule has 2 aromatic carbocycles. The Labute approximate surface area is 205 Å². The van der Waals surface area contributed by atoms with Crippen molar-refractivity contribution in [1.29, 1.82) is 0 Å². The van der Waals surface area contributed by atoms with Crippen LogP contribution in [0.5, 0.6) is 0 Å². The smallest absolute Gasteiger partial charge is 0.241 e. The first-order chi connectivity index (χ1) is 16.1. The maximum Gasteiger partial charge on any atom is 0.241 e. The molecule has 1 aromatic heterocycles. The molecule has 33 heavy (non-hydrogen) atoms. The molecular formula is C24H26BrFN4O2S. The van der Waals surface area contributed by atoms with Gasteiger partial charge in [0, 0.05) is 34.0 Å². The van der Waals surface area contributed by atoms with Gasteiger partial charge in [0.1, 0.15) is 5.82 Å². The van der Waals surface area contributed by atoms with Gasteiger partial charge in [-0.2, -0.15) is 16.7 Å². The highest BCUT2D eigenvalue weighted by atomic mass is 79.9. The normalized spacial score (nSPS) is 15.0. The van der Waals surface area contributed by atoms with E-state index in [0.29, 0.717) is 36.1 Å². The highest BCUT2D eigenvalue weighted by Gasteiger charge is 2.25. The summed E-state index contributed by atoms with van der Waals surface area (Å²) < 4.78 is 20.0. The number of likely N-dealkylation sites (tertiary alicyclic amines) is 1. The first-order valence-electron chi connectivity index (χ1n) is 11.0.